The monoisotopic (exact) mass is 229 g/mol. The molecule has 0 saturated carbocycles. The Labute approximate surface area is 94.1 Å². The van der Waals surface area contributed by atoms with E-state index in [0.29, 0.717) is 18.4 Å². The lowest BCUT2D eigenvalue weighted by Gasteiger charge is -2.29. The van der Waals surface area contributed by atoms with Gasteiger partial charge in [-0.2, -0.15) is 0 Å². The van der Waals surface area contributed by atoms with Crippen LogP contribution in [0.1, 0.15) is 18.9 Å². The molecule has 0 heterocycles. The summed E-state index contributed by atoms with van der Waals surface area (Å²) in [6.45, 7) is 2.11. The van der Waals surface area contributed by atoms with E-state index in [4.69, 9.17) is 5.73 Å². The Balaban J connectivity index is 2.93. The van der Waals surface area contributed by atoms with E-state index in [1.165, 1.54) is 12.1 Å². The number of hydrogen-bond donors (Lipinski definition) is 2. The number of nitrogens with two attached hydrogens (primary N) is 1. The van der Waals surface area contributed by atoms with Crippen molar-refractivity contribution in [1.82, 2.24) is 0 Å². The predicted octanol–water partition coefficient (Wildman–Crippen LogP) is 1.85. The molecule has 4 heteroatoms. The van der Waals surface area contributed by atoms with Crippen molar-refractivity contribution < 1.29 is 13.9 Å². The van der Waals surface area contributed by atoms with Crippen molar-refractivity contribution in [2.45, 2.75) is 19.8 Å². The lowest BCUT2D eigenvalue weighted by atomic mass is 9.80. The van der Waals surface area contributed by atoms with E-state index in [-0.39, 0.29) is 13.2 Å². The number of aliphatic hydroxyl groups excluding tert-OH is 1. The van der Waals surface area contributed by atoms with Gasteiger partial charge >= 0.3 is 0 Å². The lowest BCUT2D eigenvalue weighted by molar-refractivity contribution is 0.127. The third-order valence-corrected chi connectivity index (χ3v) is 3.02. The first-order valence-corrected chi connectivity index (χ1v) is 5.31. The van der Waals surface area contributed by atoms with Gasteiger partial charge in [0.2, 0.25) is 0 Å². The second kappa shape index (κ2) is 5.37. The number of halogens is 2. The van der Waals surface area contributed by atoms with E-state index in [0.717, 1.165) is 6.07 Å². The highest BCUT2D eigenvalue weighted by atomic mass is 19.1. The maximum absolute atomic E-state index is 13.0. The Morgan fingerprint density at radius 1 is 1.25 bits per heavy atom. The Kier molecular flexibility index (Phi) is 4.38. The van der Waals surface area contributed by atoms with Crippen molar-refractivity contribution in [3.8, 4) is 0 Å². The van der Waals surface area contributed by atoms with Crippen LogP contribution in [-0.2, 0) is 6.42 Å². The molecule has 0 aliphatic heterocycles. The first-order valence-electron chi connectivity index (χ1n) is 5.31. The zero-order valence-electron chi connectivity index (χ0n) is 9.34. The minimum Gasteiger partial charge on any atom is -0.396 e. The maximum Gasteiger partial charge on any atom is 0.126 e. The molecule has 0 bridgehead atoms. The van der Waals surface area contributed by atoms with Gasteiger partial charge in [-0.15, -0.1) is 0 Å². The summed E-state index contributed by atoms with van der Waals surface area (Å²) >= 11 is 0. The van der Waals surface area contributed by atoms with E-state index in [1.807, 2.05) is 6.92 Å². The minimum atomic E-state index is -0.602. The Morgan fingerprint density at radius 3 is 2.19 bits per heavy atom. The molecule has 1 atom stereocenters. The number of hydrogen-bond acceptors (Lipinski definition) is 2. The van der Waals surface area contributed by atoms with Crippen molar-refractivity contribution in [1.29, 1.82) is 0 Å². The molecule has 16 heavy (non-hydrogen) atoms. The highest BCUT2D eigenvalue weighted by Crippen LogP contribution is 2.26. The molecule has 3 N–H and O–H groups in total. The summed E-state index contributed by atoms with van der Waals surface area (Å²) in [5, 5.41) is 9.31. The first kappa shape index (κ1) is 13.1. The largest absolute Gasteiger partial charge is 0.396 e. The van der Waals surface area contributed by atoms with Crippen LogP contribution in [0.15, 0.2) is 18.2 Å². The Bertz CT molecular complexity index is 322. The van der Waals surface area contributed by atoms with Crippen LogP contribution in [0, 0.1) is 17.0 Å². The van der Waals surface area contributed by atoms with Crippen LogP contribution in [0.2, 0.25) is 0 Å². The molecule has 0 saturated heterocycles. The third kappa shape index (κ3) is 3.00. The van der Waals surface area contributed by atoms with Crippen molar-refractivity contribution >= 4 is 0 Å². The fourth-order valence-corrected chi connectivity index (χ4v) is 1.72. The highest BCUT2D eigenvalue weighted by molar-refractivity contribution is 5.19. The second-order valence-corrected chi connectivity index (χ2v) is 4.17. The van der Waals surface area contributed by atoms with Gasteiger partial charge in [-0.05, 0) is 30.5 Å². The molecule has 90 valence electrons. The van der Waals surface area contributed by atoms with Gasteiger partial charge in [0.05, 0.1) is 6.61 Å². The molecule has 1 aromatic carbocycles. The van der Waals surface area contributed by atoms with E-state index in [1.54, 1.807) is 0 Å². The molecule has 2 nitrogen and oxygen atoms in total. The summed E-state index contributed by atoms with van der Waals surface area (Å²) in [5.41, 5.74) is 5.65. The molecular weight excluding hydrogens is 212 g/mol. The summed E-state index contributed by atoms with van der Waals surface area (Å²) in [5.74, 6) is -1.20. The van der Waals surface area contributed by atoms with Crippen LogP contribution >= 0.6 is 0 Å². The third-order valence-electron chi connectivity index (χ3n) is 3.02. The normalized spacial score (nSPS) is 14.8. The number of aliphatic hydroxyl groups is 1. The van der Waals surface area contributed by atoms with Crippen LogP contribution in [0.5, 0.6) is 0 Å². The van der Waals surface area contributed by atoms with Gasteiger partial charge in [-0.3, -0.25) is 0 Å². The number of rotatable bonds is 5. The van der Waals surface area contributed by atoms with Gasteiger partial charge in [-0.1, -0.05) is 6.92 Å². The molecule has 0 aliphatic rings. The van der Waals surface area contributed by atoms with Crippen LogP contribution in [0.3, 0.4) is 0 Å². The molecule has 0 amide bonds. The van der Waals surface area contributed by atoms with E-state index >= 15 is 0 Å². The SMILES string of the molecule is CCC(CN)(CO)Cc1cc(F)cc(F)c1. The van der Waals surface area contributed by atoms with Gasteiger partial charge in [0, 0.05) is 18.0 Å². The predicted molar refractivity (Wildman–Crippen MR) is 58.9 cm³/mol. The summed E-state index contributed by atoms with van der Waals surface area (Å²) in [6, 6.07) is 3.39. The molecule has 1 aromatic rings. The van der Waals surface area contributed by atoms with Crippen molar-refractivity contribution in [3.05, 3.63) is 35.4 Å². The molecule has 0 radical (unpaired) electrons. The molecule has 1 unspecified atom stereocenters. The first-order chi connectivity index (χ1) is 7.55. The Hall–Kier alpha value is -1.00. The van der Waals surface area contributed by atoms with Crippen molar-refractivity contribution in [2.75, 3.05) is 13.2 Å². The molecule has 0 aromatic heterocycles. The lowest BCUT2D eigenvalue weighted by Crippen LogP contribution is -2.35. The highest BCUT2D eigenvalue weighted by Gasteiger charge is 2.26. The smallest absolute Gasteiger partial charge is 0.126 e. The minimum absolute atomic E-state index is 0.0852. The molecule has 0 aliphatic carbocycles. The fourth-order valence-electron chi connectivity index (χ4n) is 1.72. The average Bonchev–Trinajstić information content (AvgIpc) is 2.25. The standard InChI is InChI=1S/C12H17F2NO/c1-2-12(7-15,8-16)6-9-3-10(13)5-11(14)4-9/h3-5,16H,2,6-8,15H2,1H3. The van der Waals surface area contributed by atoms with E-state index in [9.17, 15) is 13.9 Å². The van der Waals surface area contributed by atoms with Gasteiger partial charge in [0.25, 0.3) is 0 Å². The van der Waals surface area contributed by atoms with Crippen molar-refractivity contribution in [3.63, 3.8) is 0 Å². The Morgan fingerprint density at radius 2 is 1.81 bits per heavy atom. The summed E-state index contributed by atoms with van der Waals surface area (Å²) in [7, 11) is 0. The van der Waals surface area contributed by atoms with Gasteiger partial charge in [-0.25, -0.2) is 8.78 Å². The average molecular weight is 229 g/mol. The second-order valence-electron chi connectivity index (χ2n) is 4.17. The molecule has 0 fully saturated rings. The van der Waals surface area contributed by atoms with Gasteiger partial charge in [0.1, 0.15) is 11.6 Å². The molecular formula is C12H17F2NO. The number of benzene rings is 1. The summed E-state index contributed by atoms with van der Waals surface area (Å²) in [6.07, 6.45) is 1.04. The molecule has 0 spiro atoms. The summed E-state index contributed by atoms with van der Waals surface area (Å²) in [4.78, 5) is 0. The van der Waals surface area contributed by atoms with Crippen molar-refractivity contribution in [2.24, 2.45) is 11.1 Å². The summed E-state index contributed by atoms with van der Waals surface area (Å²) < 4.78 is 26.0. The van der Waals surface area contributed by atoms with Gasteiger partial charge in [0.15, 0.2) is 0 Å². The van der Waals surface area contributed by atoms with Crippen LogP contribution in [0.4, 0.5) is 8.78 Å². The molecule has 1 rings (SSSR count). The fraction of sp³-hybridized carbons (Fsp3) is 0.500. The van der Waals surface area contributed by atoms with E-state index < -0.39 is 17.0 Å². The van der Waals surface area contributed by atoms with Crippen LogP contribution in [0.25, 0.3) is 0 Å². The van der Waals surface area contributed by atoms with Crippen LogP contribution in [-0.4, -0.2) is 18.3 Å². The quantitative estimate of drug-likeness (QED) is 0.809. The zero-order chi connectivity index (χ0) is 12.2. The maximum atomic E-state index is 13.0. The van der Waals surface area contributed by atoms with E-state index in [2.05, 4.69) is 0 Å². The van der Waals surface area contributed by atoms with Crippen LogP contribution < -0.4 is 5.73 Å². The zero-order valence-corrected chi connectivity index (χ0v) is 9.34. The van der Waals surface area contributed by atoms with Gasteiger partial charge < -0.3 is 10.8 Å². The topological polar surface area (TPSA) is 46.2 Å².